The summed E-state index contributed by atoms with van der Waals surface area (Å²) in [7, 11) is 3.54. The van der Waals surface area contributed by atoms with Gasteiger partial charge in [0.2, 0.25) is 0 Å². The monoisotopic (exact) mass is 293 g/mol. The first-order chi connectivity index (χ1) is 9.43. The lowest BCUT2D eigenvalue weighted by molar-refractivity contribution is 0.404. The van der Waals surface area contributed by atoms with Crippen molar-refractivity contribution in [1.29, 1.82) is 0 Å². The number of nitrogens with two attached hydrogens (primary N) is 1. The minimum Gasteiger partial charge on any atom is -0.496 e. The number of rotatable bonds is 4. The van der Waals surface area contributed by atoms with Gasteiger partial charge in [0, 0.05) is 25.1 Å². The van der Waals surface area contributed by atoms with Gasteiger partial charge in [0.1, 0.15) is 5.75 Å². The first-order valence-corrected chi connectivity index (χ1v) is 6.90. The highest BCUT2D eigenvalue weighted by Gasteiger charge is 2.18. The normalized spacial score (nSPS) is 12.5. The minimum atomic E-state index is -0.183. The SMILES string of the molecule is COc1cc(C)ccc1C(N)Cc1c(Cl)c(C)nn1C. The fourth-order valence-electron chi connectivity index (χ4n) is 2.34. The average Bonchev–Trinajstić information content (AvgIpc) is 2.65. The van der Waals surface area contributed by atoms with Gasteiger partial charge in [-0.05, 0) is 25.5 Å². The third-order valence-electron chi connectivity index (χ3n) is 3.46. The molecule has 0 spiro atoms. The highest BCUT2D eigenvalue weighted by molar-refractivity contribution is 6.31. The number of hydrogen-bond acceptors (Lipinski definition) is 3. The standard InChI is InChI=1S/C15H20ClN3O/c1-9-5-6-11(14(7-9)20-4)12(17)8-13-15(16)10(2)18-19(13)3/h5-7,12H,8,17H2,1-4H3. The first-order valence-electron chi connectivity index (χ1n) is 6.52. The van der Waals surface area contributed by atoms with Crippen molar-refractivity contribution in [2.24, 2.45) is 12.8 Å². The number of ether oxygens (including phenoxy) is 1. The Kier molecular flexibility index (Phi) is 4.35. The zero-order chi connectivity index (χ0) is 14.9. The van der Waals surface area contributed by atoms with Crippen LogP contribution in [0.3, 0.4) is 0 Å². The predicted octanol–water partition coefficient (Wildman–Crippen LogP) is 2.94. The summed E-state index contributed by atoms with van der Waals surface area (Å²) in [6.45, 7) is 3.92. The molecule has 0 amide bonds. The lowest BCUT2D eigenvalue weighted by atomic mass is 10.00. The molecule has 20 heavy (non-hydrogen) atoms. The Morgan fingerprint density at radius 3 is 2.65 bits per heavy atom. The average molecular weight is 294 g/mol. The van der Waals surface area contributed by atoms with Gasteiger partial charge in [-0.3, -0.25) is 4.68 Å². The van der Waals surface area contributed by atoms with E-state index in [-0.39, 0.29) is 6.04 Å². The number of aromatic nitrogens is 2. The number of aryl methyl sites for hydroxylation is 3. The number of hydrogen-bond donors (Lipinski definition) is 1. The number of benzene rings is 1. The number of nitrogens with zero attached hydrogens (tertiary/aromatic N) is 2. The van der Waals surface area contributed by atoms with Crippen LogP contribution in [0.5, 0.6) is 5.75 Å². The summed E-state index contributed by atoms with van der Waals surface area (Å²) >= 11 is 6.27. The van der Waals surface area contributed by atoms with Crippen LogP contribution in [-0.4, -0.2) is 16.9 Å². The Morgan fingerprint density at radius 2 is 2.10 bits per heavy atom. The summed E-state index contributed by atoms with van der Waals surface area (Å²) in [4.78, 5) is 0. The van der Waals surface area contributed by atoms with Gasteiger partial charge in [-0.2, -0.15) is 5.10 Å². The van der Waals surface area contributed by atoms with E-state index in [1.165, 1.54) is 0 Å². The molecule has 1 heterocycles. The van der Waals surface area contributed by atoms with Crippen molar-refractivity contribution in [2.75, 3.05) is 7.11 Å². The summed E-state index contributed by atoms with van der Waals surface area (Å²) in [5, 5.41) is 5.00. The molecule has 1 atom stereocenters. The Bertz CT molecular complexity index is 622. The van der Waals surface area contributed by atoms with Gasteiger partial charge in [0.15, 0.2) is 0 Å². The summed E-state index contributed by atoms with van der Waals surface area (Å²) in [6.07, 6.45) is 0.621. The van der Waals surface area contributed by atoms with Crippen LogP contribution < -0.4 is 10.5 Å². The van der Waals surface area contributed by atoms with Crippen LogP contribution in [0.25, 0.3) is 0 Å². The molecular formula is C15H20ClN3O. The molecule has 108 valence electrons. The van der Waals surface area contributed by atoms with Gasteiger partial charge < -0.3 is 10.5 Å². The molecule has 0 saturated carbocycles. The van der Waals surface area contributed by atoms with E-state index in [0.717, 1.165) is 28.3 Å². The Hall–Kier alpha value is -1.52. The quantitative estimate of drug-likeness (QED) is 0.943. The topological polar surface area (TPSA) is 53.1 Å². The summed E-state index contributed by atoms with van der Waals surface area (Å²) < 4.78 is 7.21. The molecule has 1 aromatic carbocycles. The van der Waals surface area contributed by atoms with Crippen molar-refractivity contribution in [1.82, 2.24) is 9.78 Å². The van der Waals surface area contributed by atoms with Crippen LogP contribution in [0, 0.1) is 13.8 Å². The molecular weight excluding hydrogens is 274 g/mol. The molecule has 1 unspecified atom stereocenters. The maximum absolute atomic E-state index is 6.32. The minimum absolute atomic E-state index is 0.183. The van der Waals surface area contributed by atoms with Crippen LogP contribution >= 0.6 is 11.6 Å². The van der Waals surface area contributed by atoms with E-state index < -0.39 is 0 Å². The van der Waals surface area contributed by atoms with E-state index in [9.17, 15) is 0 Å². The number of halogens is 1. The first kappa shape index (κ1) is 14.9. The van der Waals surface area contributed by atoms with Crippen molar-refractivity contribution >= 4 is 11.6 Å². The third-order valence-corrected chi connectivity index (χ3v) is 3.95. The summed E-state index contributed by atoms with van der Waals surface area (Å²) in [5.41, 5.74) is 10.2. The van der Waals surface area contributed by atoms with Gasteiger partial charge in [-0.15, -0.1) is 0 Å². The maximum atomic E-state index is 6.32. The zero-order valence-electron chi connectivity index (χ0n) is 12.3. The molecule has 0 aliphatic rings. The second-order valence-electron chi connectivity index (χ2n) is 5.03. The fourth-order valence-corrected chi connectivity index (χ4v) is 2.58. The van der Waals surface area contributed by atoms with Crippen LogP contribution in [0.1, 0.15) is 28.6 Å². The molecule has 2 rings (SSSR count). The molecule has 2 N–H and O–H groups in total. The summed E-state index contributed by atoms with van der Waals surface area (Å²) in [6, 6.07) is 5.85. The van der Waals surface area contributed by atoms with Gasteiger partial charge in [-0.1, -0.05) is 23.7 Å². The second-order valence-corrected chi connectivity index (χ2v) is 5.40. The third kappa shape index (κ3) is 2.81. The molecule has 0 saturated heterocycles. The smallest absolute Gasteiger partial charge is 0.123 e. The lowest BCUT2D eigenvalue weighted by Gasteiger charge is -2.16. The number of methoxy groups -OCH3 is 1. The Balaban J connectivity index is 2.30. The van der Waals surface area contributed by atoms with Gasteiger partial charge in [0.05, 0.1) is 23.5 Å². The molecule has 0 bridgehead atoms. The predicted molar refractivity (Wildman–Crippen MR) is 81.3 cm³/mol. The van der Waals surface area contributed by atoms with Crippen molar-refractivity contribution in [3.63, 3.8) is 0 Å². The molecule has 0 aliphatic heterocycles. The van der Waals surface area contributed by atoms with E-state index in [4.69, 9.17) is 22.1 Å². The van der Waals surface area contributed by atoms with E-state index in [0.29, 0.717) is 11.4 Å². The summed E-state index contributed by atoms with van der Waals surface area (Å²) in [5.74, 6) is 0.813. The van der Waals surface area contributed by atoms with Crippen LogP contribution in [0.2, 0.25) is 5.02 Å². The van der Waals surface area contributed by atoms with Gasteiger partial charge in [0.25, 0.3) is 0 Å². The largest absolute Gasteiger partial charge is 0.496 e. The lowest BCUT2D eigenvalue weighted by Crippen LogP contribution is -2.16. The van der Waals surface area contributed by atoms with Gasteiger partial charge in [-0.25, -0.2) is 0 Å². The Morgan fingerprint density at radius 1 is 1.40 bits per heavy atom. The molecule has 2 aromatic rings. The van der Waals surface area contributed by atoms with Crippen molar-refractivity contribution in [2.45, 2.75) is 26.3 Å². The molecule has 4 nitrogen and oxygen atoms in total. The van der Waals surface area contributed by atoms with Crippen LogP contribution in [0.15, 0.2) is 18.2 Å². The van der Waals surface area contributed by atoms with Crippen molar-refractivity contribution < 1.29 is 4.74 Å². The van der Waals surface area contributed by atoms with E-state index in [1.54, 1.807) is 11.8 Å². The molecule has 5 heteroatoms. The van der Waals surface area contributed by atoms with Crippen LogP contribution in [-0.2, 0) is 13.5 Å². The second kappa shape index (κ2) is 5.85. The highest BCUT2D eigenvalue weighted by atomic mass is 35.5. The Labute approximate surface area is 124 Å². The van der Waals surface area contributed by atoms with Crippen LogP contribution in [0.4, 0.5) is 0 Å². The maximum Gasteiger partial charge on any atom is 0.123 e. The molecule has 1 aromatic heterocycles. The van der Waals surface area contributed by atoms with Crippen molar-refractivity contribution in [3.05, 3.63) is 45.7 Å². The fraction of sp³-hybridized carbons (Fsp3) is 0.400. The molecule has 0 fully saturated rings. The van der Waals surface area contributed by atoms with E-state index in [1.807, 2.05) is 39.1 Å². The van der Waals surface area contributed by atoms with Gasteiger partial charge >= 0.3 is 0 Å². The molecule has 0 radical (unpaired) electrons. The molecule has 0 aliphatic carbocycles. The van der Waals surface area contributed by atoms with Crippen molar-refractivity contribution in [3.8, 4) is 5.75 Å². The highest BCUT2D eigenvalue weighted by Crippen LogP contribution is 2.29. The van der Waals surface area contributed by atoms with E-state index in [2.05, 4.69) is 5.10 Å². The van der Waals surface area contributed by atoms with E-state index >= 15 is 0 Å². The zero-order valence-corrected chi connectivity index (χ0v) is 13.0.